The largest absolute Gasteiger partial charge is 0.493 e. The summed E-state index contributed by atoms with van der Waals surface area (Å²) in [6.45, 7) is 1.86. The lowest BCUT2D eigenvalue weighted by molar-refractivity contribution is 0.374. The van der Waals surface area contributed by atoms with Gasteiger partial charge in [0.15, 0.2) is 11.5 Å². The topological polar surface area (TPSA) is 57.4 Å². The molecule has 0 radical (unpaired) electrons. The van der Waals surface area contributed by atoms with Crippen molar-refractivity contribution in [2.24, 2.45) is 5.73 Å². The van der Waals surface area contributed by atoms with Gasteiger partial charge in [0, 0.05) is 17.3 Å². The highest BCUT2D eigenvalue weighted by Gasteiger charge is 2.08. The molecule has 0 unspecified atom stereocenters. The fourth-order valence-corrected chi connectivity index (χ4v) is 1.77. The molecule has 0 aliphatic rings. The van der Waals surface area contributed by atoms with Gasteiger partial charge in [-0.05, 0) is 25.1 Å². The van der Waals surface area contributed by atoms with E-state index in [2.05, 4.69) is 4.98 Å². The number of nitrogens with zero attached hydrogens (tertiary/aromatic N) is 1. The molecule has 2 N–H and O–H groups in total. The minimum absolute atomic E-state index is 0.315. The Labute approximate surface area is 117 Å². The van der Waals surface area contributed by atoms with E-state index < -0.39 is 0 Å². The van der Waals surface area contributed by atoms with E-state index in [1.807, 2.05) is 37.3 Å². The summed E-state index contributed by atoms with van der Waals surface area (Å²) in [6.07, 6.45) is 0. The molecule has 0 amide bonds. The minimum atomic E-state index is 0.315. The van der Waals surface area contributed by atoms with E-state index in [9.17, 15) is 0 Å². The maximum absolute atomic E-state index is 5.72. The predicted molar refractivity (Wildman–Crippen MR) is 77.9 cm³/mol. The summed E-state index contributed by atoms with van der Waals surface area (Å²) in [5.74, 6) is 1.67. The summed E-state index contributed by atoms with van der Waals surface area (Å²) in [6, 6.07) is 10.9. The zero-order valence-electron chi connectivity index (χ0n) is 10.7. The van der Waals surface area contributed by atoms with Crippen LogP contribution in [0.3, 0.4) is 0 Å². The molecule has 5 heteroatoms. The molecule has 0 fully saturated rings. The van der Waals surface area contributed by atoms with Gasteiger partial charge in [0.1, 0.15) is 4.99 Å². The summed E-state index contributed by atoms with van der Waals surface area (Å²) in [5, 5.41) is 0. The fourth-order valence-electron chi connectivity index (χ4n) is 1.65. The second kappa shape index (κ2) is 5.67. The van der Waals surface area contributed by atoms with Crippen LogP contribution in [-0.2, 0) is 0 Å². The molecule has 1 aromatic carbocycles. The van der Waals surface area contributed by atoms with Crippen molar-refractivity contribution in [2.45, 2.75) is 6.92 Å². The van der Waals surface area contributed by atoms with Gasteiger partial charge in [-0.15, -0.1) is 0 Å². The highest BCUT2D eigenvalue weighted by atomic mass is 32.1. The molecule has 1 aromatic heterocycles. The highest BCUT2D eigenvalue weighted by molar-refractivity contribution is 7.80. The first-order valence-electron chi connectivity index (χ1n) is 5.69. The molecule has 2 rings (SSSR count). The number of ether oxygens (including phenoxy) is 2. The van der Waals surface area contributed by atoms with Crippen molar-refractivity contribution < 1.29 is 9.47 Å². The summed E-state index contributed by atoms with van der Waals surface area (Å²) >= 11 is 4.96. The molecular formula is C14H14N2O2S. The van der Waals surface area contributed by atoms with Crippen LogP contribution < -0.4 is 15.2 Å². The van der Waals surface area contributed by atoms with Crippen LogP contribution in [0.15, 0.2) is 36.4 Å². The lowest BCUT2D eigenvalue weighted by Crippen LogP contribution is -2.10. The first-order valence-corrected chi connectivity index (χ1v) is 6.10. The minimum Gasteiger partial charge on any atom is -0.493 e. The third-order valence-corrected chi connectivity index (χ3v) is 2.73. The monoisotopic (exact) mass is 274 g/mol. The molecule has 0 atom stereocenters. The van der Waals surface area contributed by atoms with Crippen molar-refractivity contribution >= 4 is 17.2 Å². The van der Waals surface area contributed by atoms with Crippen molar-refractivity contribution in [1.29, 1.82) is 0 Å². The second-order valence-corrected chi connectivity index (χ2v) is 4.39. The van der Waals surface area contributed by atoms with Crippen molar-refractivity contribution in [3.8, 4) is 17.4 Å². The number of nitrogens with two attached hydrogens (primary N) is 1. The van der Waals surface area contributed by atoms with Crippen LogP contribution in [0.4, 0.5) is 0 Å². The summed E-state index contributed by atoms with van der Waals surface area (Å²) in [5.41, 5.74) is 7.14. The summed E-state index contributed by atoms with van der Waals surface area (Å²) in [4.78, 5) is 4.61. The molecule has 0 aliphatic heterocycles. The predicted octanol–water partition coefficient (Wildman–Crippen LogP) is 2.83. The van der Waals surface area contributed by atoms with E-state index >= 15 is 0 Å². The van der Waals surface area contributed by atoms with Gasteiger partial charge in [-0.25, -0.2) is 4.98 Å². The number of benzene rings is 1. The van der Waals surface area contributed by atoms with Crippen LogP contribution >= 0.6 is 12.2 Å². The van der Waals surface area contributed by atoms with E-state index in [0.717, 1.165) is 11.3 Å². The number of aryl methyl sites for hydroxylation is 1. The van der Waals surface area contributed by atoms with Gasteiger partial charge in [0.05, 0.1) is 7.11 Å². The van der Waals surface area contributed by atoms with Crippen LogP contribution in [0.5, 0.6) is 17.4 Å². The Hall–Kier alpha value is -2.14. The van der Waals surface area contributed by atoms with Crippen molar-refractivity contribution in [1.82, 2.24) is 4.98 Å². The van der Waals surface area contributed by atoms with Gasteiger partial charge >= 0.3 is 0 Å². The smallest absolute Gasteiger partial charge is 0.220 e. The van der Waals surface area contributed by atoms with E-state index in [4.69, 9.17) is 27.4 Å². The van der Waals surface area contributed by atoms with Gasteiger partial charge in [-0.1, -0.05) is 24.4 Å². The Balaban J connectivity index is 2.35. The molecule has 98 valence electrons. The molecule has 4 nitrogen and oxygen atoms in total. The molecule has 0 saturated carbocycles. The number of rotatable bonds is 4. The average Bonchev–Trinajstić information content (AvgIpc) is 2.38. The summed E-state index contributed by atoms with van der Waals surface area (Å²) < 4.78 is 10.9. The zero-order chi connectivity index (χ0) is 13.8. The highest BCUT2D eigenvalue weighted by Crippen LogP contribution is 2.30. The van der Waals surface area contributed by atoms with Gasteiger partial charge in [-0.2, -0.15) is 0 Å². The number of hydrogen-bond donors (Lipinski definition) is 1. The Bertz CT molecular complexity index is 614. The summed E-state index contributed by atoms with van der Waals surface area (Å²) in [7, 11) is 1.59. The van der Waals surface area contributed by atoms with E-state index in [0.29, 0.717) is 22.4 Å². The average molecular weight is 274 g/mol. The third-order valence-electron chi connectivity index (χ3n) is 2.50. The SMILES string of the molecule is COc1ccccc1Oc1cc(C(N)=S)cc(C)n1. The maximum Gasteiger partial charge on any atom is 0.220 e. The lowest BCUT2D eigenvalue weighted by atomic mass is 10.2. The number of pyridine rings is 1. The number of thiocarbonyl (C=S) groups is 1. The molecular weight excluding hydrogens is 260 g/mol. The normalized spacial score (nSPS) is 10.0. The van der Waals surface area contributed by atoms with Crippen molar-refractivity contribution in [3.63, 3.8) is 0 Å². The first kappa shape index (κ1) is 13.3. The van der Waals surface area contributed by atoms with Gasteiger partial charge in [-0.3, -0.25) is 0 Å². The molecule has 0 spiro atoms. The molecule has 2 aromatic rings. The van der Waals surface area contributed by atoms with Crippen LogP contribution in [0, 0.1) is 6.92 Å². The third kappa shape index (κ3) is 3.20. The fraction of sp³-hybridized carbons (Fsp3) is 0.143. The number of aromatic nitrogens is 1. The van der Waals surface area contributed by atoms with Crippen LogP contribution in [-0.4, -0.2) is 17.1 Å². The van der Waals surface area contributed by atoms with Crippen LogP contribution in [0.1, 0.15) is 11.3 Å². The number of methoxy groups -OCH3 is 1. The second-order valence-electron chi connectivity index (χ2n) is 3.95. The van der Waals surface area contributed by atoms with E-state index in [-0.39, 0.29) is 0 Å². The molecule has 0 saturated heterocycles. The zero-order valence-corrected chi connectivity index (χ0v) is 11.5. The van der Waals surface area contributed by atoms with E-state index in [1.54, 1.807) is 13.2 Å². The first-order chi connectivity index (χ1) is 9.10. The molecule has 19 heavy (non-hydrogen) atoms. The Morgan fingerprint density at radius 1 is 1.21 bits per heavy atom. The Morgan fingerprint density at radius 3 is 2.53 bits per heavy atom. The quantitative estimate of drug-likeness (QED) is 0.869. The van der Waals surface area contributed by atoms with Crippen LogP contribution in [0.2, 0.25) is 0 Å². The van der Waals surface area contributed by atoms with Gasteiger partial charge in [0.2, 0.25) is 5.88 Å². The molecule has 0 bridgehead atoms. The molecule has 1 heterocycles. The van der Waals surface area contributed by atoms with Gasteiger partial charge in [0.25, 0.3) is 0 Å². The lowest BCUT2D eigenvalue weighted by Gasteiger charge is -2.10. The van der Waals surface area contributed by atoms with E-state index in [1.165, 1.54) is 0 Å². The number of hydrogen-bond acceptors (Lipinski definition) is 4. The number of para-hydroxylation sites is 2. The molecule has 0 aliphatic carbocycles. The van der Waals surface area contributed by atoms with Gasteiger partial charge < -0.3 is 15.2 Å². The van der Waals surface area contributed by atoms with Crippen LogP contribution in [0.25, 0.3) is 0 Å². The Morgan fingerprint density at radius 2 is 1.89 bits per heavy atom. The Kier molecular flexibility index (Phi) is 3.97. The maximum atomic E-state index is 5.72. The van der Waals surface area contributed by atoms with Crippen molar-refractivity contribution in [2.75, 3.05) is 7.11 Å². The standard InChI is InChI=1S/C14H14N2O2S/c1-9-7-10(14(15)19)8-13(16-9)18-12-6-4-3-5-11(12)17-2/h3-8H,1-2H3,(H2,15,19). The van der Waals surface area contributed by atoms with Crippen molar-refractivity contribution in [3.05, 3.63) is 47.7 Å².